The fourth-order valence-corrected chi connectivity index (χ4v) is 3.56. The van der Waals surface area contributed by atoms with Crippen LogP contribution in [0.3, 0.4) is 0 Å². The van der Waals surface area contributed by atoms with Gasteiger partial charge in [0.05, 0.1) is 9.73 Å². The van der Waals surface area contributed by atoms with Gasteiger partial charge in [-0.05, 0) is 17.6 Å². The first kappa shape index (κ1) is 13.8. The van der Waals surface area contributed by atoms with Gasteiger partial charge < -0.3 is 10.4 Å². The Hall–Kier alpha value is -1.60. The molecule has 1 aromatic heterocycles. The van der Waals surface area contributed by atoms with Crippen molar-refractivity contribution in [1.29, 1.82) is 0 Å². The topological polar surface area (TPSA) is 79.3 Å². The molecule has 0 bridgehead atoms. The normalized spacial score (nSPS) is 12.3. The SMILES string of the molecule is CC(=O)N[C@@H](CSc1snc2ccccc12)C(=O)O. The lowest BCUT2D eigenvalue weighted by Crippen LogP contribution is -2.41. The number of rotatable bonds is 5. The molecule has 0 aliphatic heterocycles. The van der Waals surface area contributed by atoms with Gasteiger partial charge in [-0.1, -0.05) is 18.2 Å². The van der Waals surface area contributed by atoms with Crippen molar-refractivity contribution in [3.05, 3.63) is 24.3 Å². The van der Waals surface area contributed by atoms with Gasteiger partial charge in [0, 0.05) is 18.1 Å². The van der Waals surface area contributed by atoms with Gasteiger partial charge in [-0.15, -0.1) is 11.8 Å². The summed E-state index contributed by atoms with van der Waals surface area (Å²) in [6.45, 7) is 1.31. The number of fused-ring (bicyclic) bond motifs is 1. The second kappa shape index (κ2) is 6.03. The second-order valence-corrected chi connectivity index (χ2v) is 5.95. The molecule has 5 nitrogen and oxygen atoms in total. The molecule has 0 saturated heterocycles. The molecule has 1 amide bonds. The summed E-state index contributed by atoms with van der Waals surface area (Å²) in [6, 6.07) is 6.81. The Morgan fingerprint density at radius 1 is 1.47 bits per heavy atom. The summed E-state index contributed by atoms with van der Waals surface area (Å²) in [6.07, 6.45) is 0. The third kappa shape index (κ3) is 3.45. The minimum atomic E-state index is -1.03. The van der Waals surface area contributed by atoms with Crippen molar-refractivity contribution in [2.45, 2.75) is 17.2 Å². The van der Waals surface area contributed by atoms with Gasteiger partial charge in [0.2, 0.25) is 5.91 Å². The highest BCUT2D eigenvalue weighted by atomic mass is 32.2. The number of aromatic nitrogens is 1. The van der Waals surface area contributed by atoms with Gasteiger partial charge in [0.1, 0.15) is 6.04 Å². The molecule has 2 rings (SSSR count). The van der Waals surface area contributed by atoms with Crippen molar-refractivity contribution in [2.75, 3.05) is 5.75 Å². The van der Waals surface area contributed by atoms with Crippen molar-refractivity contribution < 1.29 is 14.7 Å². The summed E-state index contributed by atoms with van der Waals surface area (Å²) in [5, 5.41) is 12.5. The zero-order chi connectivity index (χ0) is 13.8. The van der Waals surface area contributed by atoms with E-state index in [-0.39, 0.29) is 11.7 Å². The fourth-order valence-electron chi connectivity index (χ4n) is 1.55. The summed E-state index contributed by atoms with van der Waals surface area (Å²) >= 11 is 2.74. The molecule has 0 spiro atoms. The summed E-state index contributed by atoms with van der Waals surface area (Å²) < 4.78 is 5.25. The lowest BCUT2D eigenvalue weighted by atomic mass is 10.3. The smallest absolute Gasteiger partial charge is 0.327 e. The Balaban J connectivity index is 2.08. The number of carbonyl (C=O) groups is 2. The minimum Gasteiger partial charge on any atom is -0.480 e. The van der Waals surface area contributed by atoms with Crippen LogP contribution in [0.4, 0.5) is 0 Å². The van der Waals surface area contributed by atoms with E-state index in [0.717, 1.165) is 15.1 Å². The number of nitrogens with zero attached hydrogens (tertiary/aromatic N) is 1. The third-order valence-electron chi connectivity index (χ3n) is 2.41. The van der Waals surface area contributed by atoms with Crippen LogP contribution in [0.25, 0.3) is 10.9 Å². The van der Waals surface area contributed by atoms with Crippen molar-refractivity contribution in [3.8, 4) is 0 Å². The predicted octanol–water partition coefficient (Wildman–Crippen LogP) is 1.98. The molecule has 1 aromatic carbocycles. The molecule has 7 heteroatoms. The highest BCUT2D eigenvalue weighted by Gasteiger charge is 2.19. The number of carbonyl (C=O) groups excluding carboxylic acids is 1. The van der Waals surface area contributed by atoms with Crippen LogP contribution in [-0.2, 0) is 9.59 Å². The molecule has 0 unspecified atom stereocenters. The van der Waals surface area contributed by atoms with Gasteiger partial charge in [-0.3, -0.25) is 4.79 Å². The van der Waals surface area contributed by atoms with Crippen LogP contribution in [0.5, 0.6) is 0 Å². The van der Waals surface area contributed by atoms with E-state index in [1.165, 1.54) is 30.2 Å². The molecular formula is C12H12N2O3S2. The van der Waals surface area contributed by atoms with Crippen molar-refractivity contribution in [1.82, 2.24) is 9.69 Å². The van der Waals surface area contributed by atoms with E-state index in [1.807, 2.05) is 24.3 Å². The van der Waals surface area contributed by atoms with Crippen LogP contribution in [0, 0.1) is 0 Å². The van der Waals surface area contributed by atoms with E-state index < -0.39 is 12.0 Å². The van der Waals surface area contributed by atoms with Gasteiger partial charge in [0.25, 0.3) is 0 Å². The molecule has 0 radical (unpaired) electrons. The first-order valence-corrected chi connectivity index (χ1v) is 7.31. The van der Waals surface area contributed by atoms with Crippen molar-refractivity contribution in [2.24, 2.45) is 0 Å². The average Bonchev–Trinajstić information content (AvgIpc) is 2.77. The Morgan fingerprint density at radius 3 is 2.89 bits per heavy atom. The quantitative estimate of drug-likeness (QED) is 0.825. The number of hydrogen-bond donors (Lipinski definition) is 2. The number of thioether (sulfide) groups is 1. The summed E-state index contributed by atoms with van der Waals surface area (Å²) in [4.78, 5) is 22.0. The van der Waals surface area contributed by atoms with Gasteiger partial charge >= 0.3 is 5.97 Å². The number of carboxylic acid groups (broad SMARTS) is 1. The molecule has 0 fully saturated rings. The van der Waals surface area contributed by atoms with E-state index in [4.69, 9.17) is 5.11 Å². The Kier molecular flexibility index (Phi) is 4.39. The number of benzene rings is 1. The fraction of sp³-hybridized carbons (Fsp3) is 0.250. The summed E-state index contributed by atoms with van der Waals surface area (Å²) in [5.74, 6) is -1.10. The maximum atomic E-state index is 11.0. The van der Waals surface area contributed by atoms with Crippen molar-refractivity contribution >= 4 is 46.1 Å². The Labute approximate surface area is 118 Å². The molecule has 0 aliphatic rings. The van der Waals surface area contributed by atoms with E-state index in [9.17, 15) is 9.59 Å². The van der Waals surface area contributed by atoms with E-state index in [0.29, 0.717) is 0 Å². The molecule has 0 aliphatic carbocycles. The van der Waals surface area contributed by atoms with E-state index in [2.05, 4.69) is 9.69 Å². The van der Waals surface area contributed by atoms with Crippen LogP contribution in [0.1, 0.15) is 6.92 Å². The molecule has 0 saturated carbocycles. The molecular weight excluding hydrogens is 284 g/mol. The van der Waals surface area contributed by atoms with Crippen LogP contribution >= 0.6 is 23.3 Å². The van der Waals surface area contributed by atoms with Gasteiger partial charge in [-0.2, -0.15) is 4.37 Å². The van der Waals surface area contributed by atoms with E-state index in [1.54, 1.807) is 0 Å². The van der Waals surface area contributed by atoms with Crippen LogP contribution in [0.2, 0.25) is 0 Å². The highest BCUT2D eigenvalue weighted by Crippen LogP contribution is 2.31. The maximum Gasteiger partial charge on any atom is 0.327 e. The number of nitrogens with one attached hydrogen (secondary N) is 1. The number of aliphatic carboxylic acids is 1. The van der Waals surface area contributed by atoms with Crippen LogP contribution in [-0.4, -0.2) is 33.2 Å². The maximum absolute atomic E-state index is 11.0. The van der Waals surface area contributed by atoms with Gasteiger partial charge in [-0.25, -0.2) is 4.79 Å². The van der Waals surface area contributed by atoms with Crippen LogP contribution in [0.15, 0.2) is 28.5 Å². The largest absolute Gasteiger partial charge is 0.480 e. The van der Waals surface area contributed by atoms with E-state index >= 15 is 0 Å². The monoisotopic (exact) mass is 296 g/mol. The molecule has 100 valence electrons. The lowest BCUT2D eigenvalue weighted by molar-refractivity contribution is -0.140. The summed E-state index contributed by atoms with van der Waals surface area (Å²) in [5.41, 5.74) is 0.904. The molecule has 1 atom stereocenters. The molecule has 2 N–H and O–H groups in total. The number of amides is 1. The first-order valence-electron chi connectivity index (χ1n) is 5.55. The predicted molar refractivity (Wildman–Crippen MR) is 75.6 cm³/mol. The number of carboxylic acids is 1. The van der Waals surface area contributed by atoms with Gasteiger partial charge in [0.15, 0.2) is 0 Å². The molecule has 19 heavy (non-hydrogen) atoms. The second-order valence-electron chi connectivity index (χ2n) is 3.89. The summed E-state index contributed by atoms with van der Waals surface area (Å²) in [7, 11) is 0. The minimum absolute atomic E-state index is 0.279. The van der Waals surface area contributed by atoms with Crippen LogP contribution < -0.4 is 5.32 Å². The average molecular weight is 296 g/mol. The number of hydrogen-bond acceptors (Lipinski definition) is 5. The Bertz CT molecular complexity index is 612. The standard InChI is InChI=1S/C12H12N2O3S2/c1-7(15)13-10(11(16)17)6-18-12-8-4-2-3-5-9(8)14-19-12/h2-5,10H,6H2,1H3,(H,13,15)(H,16,17)/t10-/m0/s1. The highest BCUT2D eigenvalue weighted by molar-refractivity contribution is 8.01. The van der Waals surface area contributed by atoms with Crippen molar-refractivity contribution in [3.63, 3.8) is 0 Å². The Morgan fingerprint density at radius 2 is 2.21 bits per heavy atom. The third-order valence-corrected chi connectivity index (χ3v) is 4.64. The molecule has 2 aromatic rings. The molecule has 1 heterocycles. The lowest BCUT2D eigenvalue weighted by Gasteiger charge is -2.11. The first-order chi connectivity index (χ1) is 9.08. The zero-order valence-electron chi connectivity index (χ0n) is 10.1. The zero-order valence-corrected chi connectivity index (χ0v) is 11.8.